The molecule has 0 spiro atoms. The monoisotopic (exact) mass is 397 g/mol. The second-order valence-electron chi connectivity index (χ2n) is 7.13. The van der Waals surface area contributed by atoms with Gasteiger partial charge in [0.05, 0.1) is 6.54 Å². The van der Waals surface area contributed by atoms with Crippen molar-refractivity contribution < 1.29 is 0 Å². The van der Waals surface area contributed by atoms with Crippen LogP contribution in [0.1, 0.15) is 42.9 Å². The molecule has 1 aromatic heterocycles. The predicted molar refractivity (Wildman–Crippen MR) is 114 cm³/mol. The van der Waals surface area contributed by atoms with Crippen molar-refractivity contribution in [2.24, 2.45) is 0 Å². The zero-order chi connectivity index (χ0) is 18.5. The second kappa shape index (κ2) is 8.94. The fourth-order valence-electron chi connectivity index (χ4n) is 3.69. The molecule has 1 aliphatic carbocycles. The molecule has 0 bridgehead atoms. The number of halogens is 1. The first-order valence-electron chi connectivity index (χ1n) is 9.62. The molecule has 5 heteroatoms. The molecular weight excluding hydrogens is 374 g/mol. The van der Waals surface area contributed by atoms with Crippen molar-refractivity contribution in [2.75, 3.05) is 0 Å². The van der Waals surface area contributed by atoms with Crippen molar-refractivity contribution >= 4 is 23.4 Å². The van der Waals surface area contributed by atoms with Gasteiger partial charge in [0, 0.05) is 15.5 Å². The van der Waals surface area contributed by atoms with E-state index in [-0.39, 0.29) is 0 Å². The molecule has 3 nitrogen and oxygen atoms in total. The van der Waals surface area contributed by atoms with E-state index in [9.17, 15) is 0 Å². The van der Waals surface area contributed by atoms with Crippen molar-refractivity contribution in [3.8, 4) is 11.1 Å². The maximum absolute atomic E-state index is 6.01. The molecule has 0 N–H and O–H groups in total. The fourth-order valence-corrected chi connectivity index (χ4v) is 5.44. The second-order valence-corrected chi connectivity index (χ2v) is 9.08. The summed E-state index contributed by atoms with van der Waals surface area (Å²) in [5.74, 6) is 0. The third-order valence-electron chi connectivity index (χ3n) is 5.19. The third kappa shape index (κ3) is 4.94. The highest BCUT2D eigenvalue weighted by atomic mass is 35.5. The summed E-state index contributed by atoms with van der Waals surface area (Å²) in [6, 6.07) is 17.0. The Kier molecular flexibility index (Phi) is 6.15. The summed E-state index contributed by atoms with van der Waals surface area (Å²) in [4.78, 5) is 4.11. The maximum atomic E-state index is 6.01. The number of benzene rings is 2. The Morgan fingerprint density at radius 1 is 0.963 bits per heavy atom. The zero-order valence-corrected chi connectivity index (χ0v) is 16.9. The highest BCUT2D eigenvalue weighted by Gasteiger charge is 2.21. The topological polar surface area (TPSA) is 30.7 Å². The molecular formula is C22H24ClN3S. The van der Waals surface area contributed by atoms with E-state index in [1.165, 1.54) is 48.8 Å². The fraction of sp³-hybridized carbons (Fsp3) is 0.364. The van der Waals surface area contributed by atoms with Crippen molar-refractivity contribution in [1.82, 2.24) is 14.8 Å². The summed E-state index contributed by atoms with van der Waals surface area (Å²) in [6.07, 6.45) is 10.2. The van der Waals surface area contributed by atoms with Gasteiger partial charge in [-0.15, -0.1) is 11.8 Å². The third-order valence-corrected chi connectivity index (χ3v) is 7.05. The van der Waals surface area contributed by atoms with Gasteiger partial charge in [0.15, 0.2) is 0 Å². The minimum Gasteiger partial charge on any atom is -0.252 e. The van der Waals surface area contributed by atoms with Crippen molar-refractivity contribution in [3.63, 3.8) is 0 Å². The summed E-state index contributed by atoms with van der Waals surface area (Å²) in [5.41, 5.74) is 3.77. The first-order valence-corrected chi connectivity index (χ1v) is 10.9. The molecule has 1 fully saturated rings. The predicted octanol–water partition coefficient (Wildman–Crippen LogP) is 6.41. The number of hydrogen-bond donors (Lipinski definition) is 0. The highest BCUT2D eigenvalue weighted by molar-refractivity contribution is 8.00. The van der Waals surface area contributed by atoms with Crippen LogP contribution in [0.25, 0.3) is 11.1 Å². The molecule has 1 aliphatic rings. The number of thioether (sulfide) groups is 1. The lowest BCUT2D eigenvalue weighted by atomic mass is 10.0. The molecule has 0 amide bonds. The quantitative estimate of drug-likeness (QED) is 0.481. The van der Waals surface area contributed by atoms with E-state index >= 15 is 0 Å². The summed E-state index contributed by atoms with van der Waals surface area (Å²) < 4.78 is 1.95. The highest BCUT2D eigenvalue weighted by Crippen LogP contribution is 2.40. The van der Waals surface area contributed by atoms with Crippen molar-refractivity contribution in [2.45, 2.75) is 49.1 Å². The van der Waals surface area contributed by atoms with E-state index in [2.05, 4.69) is 58.2 Å². The van der Waals surface area contributed by atoms with E-state index in [0.29, 0.717) is 5.25 Å². The lowest BCUT2D eigenvalue weighted by Gasteiger charge is -2.26. The van der Waals surface area contributed by atoms with Crippen LogP contribution in [0.4, 0.5) is 0 Å². The molecule has 1 saturated carbocycles. The van der Waals surface area contributed by atoms with Gasteiger partial charge in [-0.25, -0.2) is 4.98 Å². The van der Waals surface area contributed by atoms with Gasteiger partial charge in [-0.3, -0.25) is 4.68 Å². The summed E-state index contributed by atoms with van der Waals surface area (Å²) in [5, 5.41) is 6.25. The van der Waals surface area contributed by atoms with Crippen LogP contribution >= 0.6 is 23.4 Å². The Labute approximate surface area is 170 Å². The van der Waals surface area contributed by atoms with Gasteiger partial charge in [0.1, 0.15) is 12.7 Å². The summed E-state index contributed by atoms with van der Waals surface area (Å²) in [7, 11) is 0. The summed E-state index contributed by atoms with van der Waals surface area (Å²) >= 11 is 8.12. The van der Waals surface area contributed by atoms with Gasteiger partial charge in [0.2, 0.25) is 0 Å². The molecule has 0 aliphatic heterocycles. The molecule has 3 aromatic rings. The molecule has 2 aromatic carbocycles. The minimum atomic E-state index is 0.397. The molecule has 4 rings (SSSR count). The van der Waals surface area contributed by atoms with Gasteiger partial charge in [0.25, 0.3) is 0 Å². The van der Waals surface area contributed by atoms with E-state index < -0.39 is 0 Å². The molecule has 1 unspecified atom stereocenters. The van der Waals surface area contributed by atoms with Crippen molar-refractivity contribution in [3.05, 3.63) is 71.8 Å². The number of nitrogens with zero attached hydrogens (tertiary/aromatic N) is 3. The Morgan fingerprint density at radius 2 is 1.63 bits per heavy atom. The van der Waals surface area contributed by atoms with Gasteiger partial charge in [-0.05, 0) is 41.7 Å². The molecule has 1 atom stereocenters. The molecule has 27 heavy (non-hydrogen) atoms. The van der Waals surface area contributed by atoms with Crippen molar-refractivity contribution in [1.29, 1.82) is 0 Å². The SMILES string of the molecule is Clc1ccc(-c2ccc(C(Cn3cncn3)SC3CCCCC3)cc2)cc1. The standard InChI is InChI=1S/C22H24ClN3S/c23-20-12-10-18(11-13-20)17-6-8-19(9-7-17)22(14-26-16-24-15-25-26)27-21-4-2-1-3-5-21/h6-13,15-16,21-22H,1-5,14H2. The van der Waals surface area contributed by atoms with Gasteiger partial charge in [-0.1, -0.05) is 67.3 Å². The van der Waals surface area contributed by atoms with E-state index in [1.807, 2.05) is 23.1 Å². The zero-order valence-electron chi connectivity index (χ0n) is 15.3. The maximum Gasteiger partial charge on any atom is 0.137 e. The van der Waals surface area contributed by atoms with E-state index in [4.69, 9.17) is 11.6 Å². The molecule has 0 radical (unpaired) electrons. The van der Waals surface area contributed by atoms with Crippen LogP contribution in [0.15, 0.2) is 61.2 Å². The van der Waals surface area contributed by atoms with Crippen LogP contribution in [-0.2, 0) is 6.54 Å². The smallest absolute Gasteiger partial charge is 0.137 e. The Balaban J connectivity index is 1.53. The minimum absolute atomic E-state index is 0.397. The van der Waals surface area contributed by atoms with Gasteiger partial charge < -0.3 is 0 Å². The number of rotatable bonds is 6. The molecule has 0 saturated heterocycles. The van der Waals surface area contributed by atoms with Crippen LogP contribution in [0.2, 0.25) is 5.02 Å². The van der Waals surface area contributed by atoms with E-state index in [1.54, 1.807) is 6.33 Å². The average molecular weight is 398 g/mol. The van der Waals surface area contributed by atoms with E-state index in [0.717, 1.165) is 16.8 Å². The lowest BCUT2D eigenvalue weighted by Crippen LogP contribution is -2.14. The first kappa shape index (κ1) is 18.6. The summed E-state index contributed by atoms with van der Waals surface area (Å²) in [6.45, 7) is 0.863. The molecule has 1 heterocycles. The van der Waals surface area contributed by atoms with Gasteiger partial charge >= 0.3 is 0 Å². The lowest BCUT2D eigenvalue weighted by molar-refractivity contribution is 0.512. The number of aromatic nitrogens is 3. The Morgan fingerprint density at radius 3 is 2.26 bits per heavy atom. The van der Waals surface area contributed by atoms with Crippen LogP contribution in [0.5, 0.6) is 0 Å². The van der Waals surface area contributed by atoms with Crippen LogP contribution in [0, 0.1) is 0 Å². The van der Waals surface area contributed by atoms with Crippen LogP contribution in [-0.4, -0.2) is 20.0 Å². The van der Waals surface area contributed by atoms with Crippen LogP contribution in [0.3, 0.4) is 0 Å². The molecule has 140 valence electrons. The number of hydrogen-bond acceptors (Lipinski definition) is 3. The average Bonchev–Trinajstić information content (AvgIpc) is 3.22. The van der Waals surface area contributed by atoms with Crippen LogP contribution < -0.4 is 0 Å². The Bertz CT molecular complexity index is 825. The largest absolute Gasteiger partial charge is 0.252 e. The first-order chi connectivity index (χ1) is 13.3. The normalized spacial score (nSPS) is 16.3. The Hall–Kier alpha value is -1.78. The van der Waals surface area contributed by atoms with Gasteiger partial charge in [-0.2, -0.15) is 5.10 Å².